The third-order valence-corrected chi connectivity index (χ3v) is 5.33. The van der Waals surface area contributed by atoms with Crippen LogP contribution >= 0.6 is 23.4 Å². The highest BCUT2D eigenvalue weighted by Gasteiger charge is 2.18. The SMILES string of the molecule is C[C@@H](NC(=O)c1ccc(Cl)cc1)c1nnc(SCc2ccc(F)cc2)n1C. The van der Waals surface area contributed by atoms with E-state index >= 15 is 0 Å². The second kappa shape index (κ2) is 8.54. The van der Waals surface area contributed by atoms with Crippen molar-refractivity contribution in [2.24, 2.45) is 7.05 Å². The molecule has 3 rings (SSSR count). The van der Waals surface area contributed by atoms with Crippen LogP contribution in [0.15, 0.2) is 53.7 Å². The normalized spacial score (nSPS) is 12.0. The molecule has 3 aromatic rings. The molecule has 0 fully saturated rings. The summed E-state index contributed by atoms with van der Waals surface area (Å²) in [5.74, 6) is 0.842. The van der Waals surface area contributed by atoms with Gasteiger partial charge in [0.05, 0.1) is 6.04 Å². The number of nitrogens with one attached hydrogen (secondary N) is 1. The van der Waals surface area contributed by atoms with Crippen molar-refractivity contribution >= 4 is 29.3 Å². The smallest absolute Gasteiger partial charge is 0.251 e. The fourth-order valence-corrected chi connectivity index (χ4v) is 3.50. The largest absolute Gasteiger partial charge is 0.342 e. The lowest BCUT2D eigenvalue weighted by Crippen LogP contribution is -2.28. The number of hydrogen-bond donors (Lipinski definition) is 1. The standard InChI is InChI=1S/C19H18ClFN4OS/c1-12(22-18(26)14-5-7-15(20)8-6-14)17-23-24-19(25(17)2)27-11-13-3-9-16(21)10-4-13/h3-10,12H,11H2,1-2H3,(H,22,26)/t12-/m1/s1. The Kier molecular flexibility index (Phi) is 6.13. The van der Waals surface area contributed by atoms with Crippen LogP contribution in [-0.2, 0) is 12.8 Å². The van der Waals surface area contributed by atoms with Gasteiger partial charge in [0.15, 0.2) is 11.0 Å². The van der Waals surface area contributed by atoms with Gasteiger partial charge in [-0.1, -0.05) is 35.5 Å². The van der Waals surface area contributed by atoms with Crippen molar-refractivity contribution in [3.8, 4) is 0 Å². The number of nitrogens with zero attached hydrogens (tertiary/aromatic N) is 3. The lowest BCUT2D eigenvalue weighted by atomic mass is 10.2. The minimum absolute atomic E-state index is 0.206. The molecule has 0 saturated carbocycles. The number of benzene rings is 2. The maximum atomic E-state index is 13.0. The molecular formula is C19H18ClFN4OS. The Labute approximate surface area is 166 Å². The molecule has 0 bridgehead atoms. The van der Waals surface area contributed by atoms with Crippen LogP contribution in [0.1, 0.15) is 34.7 Å². The minimum Gasteiger partial charge on any atom is -0.342 e. The van der Waals surface area contributed by atoms with E-state index in [-0.39, 0.29) is 17.8 Å². The number of amides is 1. The summed E-state index contributed by atoms with van der Waals surface area (Å²) in [4.78, 5) is 12.3. The number of carbonyl (C=O) groups is 1. The highest BCUT2D eigenvalue weighted by molar-refractivity contribution is 7.98. The van der Waals surface area contributed by atoms with Crippen molar-refractivity contribution in [3.05, 3.63) is 76.3 Å². The van der Waals surface area contributed by atoms with Crippen molar-refractivity contribution in [1.29, 1.82) is 0 Å². The van der Waals surface area contributed by atoms with Crippen molar-refractivity contribution < 1.29 is 9.18 Å². The fourth-order valence-electron chi connectivity index (χ4n) is 2.50. The van der Waals surface area contributed by atoms with E-state index in [1.165, 1.54) is 23.9 Å². The maximum absolute atomic E-state index is 13.0. The number of halogens is 2. The molecule has 1 N–H and O–H groups in total. The average molecular weight is 405 g/mol. The number of aromatic nitrogens is 3. The van der Waals surface area contributed by atoms with Gasteiger partial charge in [0.25, 0.3) is 5.91 Å². The monoisotopic (exact) mass is 404 g/mol. The third kappa shape index (κ3) is 4.87. The van der Waals surface area contributed by atoms with E-state index in [4.69, 9.17) is 11.6 Å². The minimum atomic E-state index is -0.314. The van der Waals surface area contributed by atoms with E-state index in [0.717, 1.165) is 10.7 Å². The van der Waals surface area contributed by atoms with Crippen molar-refractivity contribution in [2.75, 3.05) is 0 Å². The van der Waals surface area contributed by atoms with Gasteiger partial charge in [0.1, 0.15) is 5.82 Å². The molecule has 0 aliphatic heterocycles. The van der Waals surface area contributed by atoms with Crippen molar-refractivity contribution in [1.82, 2.24) is 20.1 Å². The number of rotatable bonds is 6. The zero-order chi connectivity index (χ0) is 19.4. The highest BCUT2D eigenvalue weighted by atomic mass is 35.5. The predicted molar refractivity (Wildman–Crippen MR) is 104 cm³/mol. The molecule has 5 nitrogen and oxygen atoms in total. The first-order valence-corrected chi connectivity index (χ1v) is 9.63. The molecule has 0 saturated heterocycles. The molecule has 1 heterocycles. The van der Waals surface area contributed by atoms with Crippen LogP contribution in [0.4, 0.5) is 4.39 Å². The van der Waals surface area contributed by atoms with Crippen LogP contribution in [0, 0.1) is 5.82 Å². The van der Waals surface area contributed by atoms with Crippen LogP contribution < -0.4 is 5.32 Å². The Morgan fingerprint density at radius 3 is 2.52 bits per heavy atom. The summed E-state index contributed by atoms with van der Waals surface area (Å²) in [6, 6.07) is 12.7. The lowest BCUT2D eigenvalue weighted by molar-refractivity contribution is 0.0937. The van der Waals surface area contributed by atoms with Crippen molar-refractivity contribution in [3.63, 3.8) is 0 Å². The molecule has 2 aromatic carbocycles. The van der Waals surface area contributed by atoms with E-state index in [1.807, 2.05) is 18.5 Å². The van der Waals surface area contributed by atoms with E-state index in [1.54, 1.807) is 36.4 Å². The number of thioether (sulfide) groups is 1. The Hall–Kier alpha value is -2.38. The predicted octanol–water partition coefficient (Wildman–Crippen LogP) is 4.39. The highest BCUT2D eigenvalue weighted by Crippen LogP contribution is 2.23. The molecule has 0 radical (unpaired) electrons. The van der Waals surface area contributed by atoms with Crippen LogP contribution in [0.5, 0.6) is 0 Å². The zero-order valence-electron chi connectivity index (χ0n) is 14.8. The molecule has 1 atom stereocenters. The maximum Gasteiger partial charge on any atom is 0.251 e. The summed E-state index contributed by atoms with van der Waals surface area (Å²) in [6.07, 6.45) is 0. The molecule has 140 valence electrons. The van der Waals surface area contributed by atoms with E-state index in [9.17, 15) is 9.18 Å². The van der Waals surface area contributed by atoms with Gasteiger partial charge in [-0.05, 0) is 48.9 Å². The summed E-state index contributed by atoms with van der Waals surface area (Å²) >= 11 is 7.35. The second-order valence-electron chi connectivity index (χ2n) is 6.02. The Morgan fingerprint density at radius 2 is 1.85 bits per heavy atom. The van der Waals surface area contributed by atoms with Crippen LogP contribution in [-0.4, -0.2) is 20.7 Å². The summed E-state index contributed by atoms with van der Waals surface area (Å²) < 4.78 is 14.8. The average Bonchev–Trinajstić information content (AvgIpc) is 3.02. The molecule has 1 amide bonds. The van der Waals surface area contributed by atoms with E-state index in [2.05, 4.69) is 15.5 Å². The number of hydrogen-bond acceptors (Lipinski definition) is 4. The molecule has 0 unspecified atom stereocenters. The van der Waals surface area contributed by atoms with Gasteiger partial charge in [-0.2, -0.15) is 0 Å². The van der Waals surface area contributed by atoms with Crippen LogP contribution in [0.2, 0.25) is 5.02 Å². The molecule has 1 aromatic heterocycles. The van der Waals surface area contributed by atoms with Crippen LogP contribution in [0.25, 0.3) is 0 Å². The van der Waals surface area contributed by atoms with Gasteiger partial charge in [-0.25, -0.2) is 4.39 Å². The van der Waals surface area contributed by atoms with Gasteiger partial charge in [-0.15, -0.1) is 10.2 Å². The van der Waals surface area contributed by atoms with Gasteiger partial charge < -0.3 is 9.88 Å². The number of carbonyl (C=O) groups excluding carboxylic acids is 1. The zero-order valence-corrected chi connectivity index (χ0v) is 16.4. The Bertz CT molecular complexity index is 928. The Balaban J connectivity index is 1.64. The summed E-state index contributed by atoms with van der Waals surface area (Å²) in [6.45, 7) is 1.85. The molecule has 0 spiro atoms. The molecule has 0 aliphatic carbocycles. The molecule has 0 aliphatic rings. The first kappa shape index (κ1) is 19.4. The molecular weight excluding hydrogens is 387 g/mol. The van der Waals surface area contributed by atoms with Gasteiger partial charge in [0.2, 0.25) is 0 Å². The summed E-state index contributed by atoms with van der Waals surface area (Å²) in [5, 5.41) is 12.6. The molecule has 8 heteroatoms. The third-order valence-electron chi connectivity index (χ3n) is 3.99. The second-order valence-corrected chi connectivity index (χ2v) is 7.40. The first-order chi connectivity index (χ1) is 12.9. The Morgan fingerprint density at radius 1 is 1.19 bits per heavy atom. The first-order valence-electron chi connectivity index (χ1n) is 8.27. The van der Waals surface area contributed by atoms with E-state index in [0.29, 0.717) is 22.2 Å². The van der Waals surface area contributed by atoms with E-state index < -0.39 is 0 Å². The lowest BCUT2D eigenvalue weighted by Gasteiger charge is -2.13. The quantitative estimate of drug-likeness (QED) is 0.619. The summed E-state index contributed by atoms with van der Waals surface area (Å²) in [5.41, 5.74) is 1.52. The molecule has 27 heavy (non-hydrogen) atoms. The van der Waals surface area contributed by atoms with Gasteiger partial charge in [-0.3, -0.25) is 4.79 Å². The van der Waals surface area contributed by atoms with Gasteiger partial charge >= 0.3 is 0 Å². The summed E-state index contributed by atoms with van der Waals surface area (Å²) in [7, 11) is 1.85. The fraction of sp³-hybridized carbons (Fsp3) is 0.211. The van der Waals surface area contributed by atoms with Crippen molar-refractivity contribution in [2.45, 2.75) is 23.9 Å². The van der Waals surface area contributed by atoms with Crippen LogP contribution in [0.3, 0.4) is 0 Å². The topological polar surface area (TPSA) is 59.8 Å². The van der Waals surface area contributed by atoms with Gasteiger partial charge in [0, 0.05) is 23.4 Å².